The molecule has 0 saturated carbocycles. The number of nitrogens with one attached hydrogen (secondary N) is 1. The first-order valence-electron chi connectivity index (χ1n) is 7.27. The predicted octanol–water partition coefficient (Wildman–Crippen LogP) is 1.06. The number of carbonyl (C=O) groups is 1. The molecule has 1 aromatic carbocycles. The van der Waals surface area contributed by atoms with Gasteiger partial charge in [0.2, 0.25) is 26.0 Å². The number of anilines is 1. The maximum Gasteiger partial charge on any atom is 0.242 e. The molecule has 1 N–H and O–H groups in total. The molecule has 0 aromatic heterocycles. The van der Waals surface area contributed by atoms with Gasteiger partial charge in [0.15, 0.2) is 0 Å². The van der Waals surface area contributed by atoms with Crippen molar-refractivity contribution in [2.75, 3.05) is 16.6 Å². The van der Waals surface area contributed by atoms with E-state index in [9.17, 15) is 21.6 Å². The maximum atomic E-state index is 12.3. The maximum absolute atomic E-state index is 12.3. The standard InChI is InChI=1S/C14H20N2O5S2/c1-4-6-15-23(20,21)14-10(2)8-12(9-11(14)3)16-13(17)5-7-22(16,18)19/h8-9,15H,4-7H2,1-3H3. The number of amides is 1. The van der Waals surface area contributed by atoms with Crippen molar-refractivity contribution >= 4 is 31.6 Å². The zero-order chi connectivity index (χ0) is 17.4. The highest BCUT2D eigenvalue weighted by Gasteiger charge is 2.37. The van der Waals surface area contributed by atoms with Crippen LogP contribution in [0.3, 0.4) is 0 Å². The number of benzene rings is 1. The van der Waals surface area contributed by atoms with Crippen molar-refractivity contribution in [3.8, 4) is 0 Å². The third-order valence-electron chi connectivity index (χ3n) is 3.57. The molecule has 0 aliphatic carbocycles. The lowest BCUT2D eigenvalue weighted by Gasteiger charge is -2.19. The Labute approximate surface area is 136 Å². The Bertz CT molecular complexity index is 821. The van der Waals surface area contributed by atoms with Crippen molar-refractivity contribution in [2.24, 2.45) is 0 Å². The second-order valence-corrected chi connectivity index (χ2v) is 9.17. The smallest absolute Gasteiger partial charge is 0.242 e. The summed E-state index contributed by atoms with van der Waals surface area (Å²) in [5.74, 6) is -0.717. The molecule has 7 nitrogen and oxygen atoms in total. The first kappa shape index (κ1) is 17.9. The van der Waals surface area contributed by atoms with Crippen molar-refractivity contribution in [3.63, 3.8) is 0 Å². The largest absolute Gasteiger partial charge is 0.273 e. The van der Waals surface area contributed by atoms with Gasteiger partial charge in [-0.1, -0.05) is 6.92 Å². The fourth-order valence-corrected chi connectivity index (χ4v) is 5.67. The van der Waals surface area contributed by atoms with Crippen LogP contribution in [0, 0.1) is 13.8 Å². The number of rotatable bonds is 5. The predicted molar refractivity (Wildman–Crippen MR) is 87.3 cm³/mol. The van der Waals surface area contributed by atoms with E-state index in [2.05, 4.69) is 4.72 Å². The van der Waals surface area contributed by atoms with E-state index in [-0.39, 0.29) is 22.8 Å². The molecule has 1 amide bonds. The van der Waals surface area contributed by atoms with Crippen LogP contribution < -0.4 is 9.03 Å². The molecular formula is C14H20N2O5S2. The first-order chi connectivity index (χ1) is 10.6. The fourth-order valence-electron chi connectivity index (χ4n) is 2.65. The topological polar surface area (TPSA) is 101 Å². The van der Waals surface area contributed by atoms with Crippen LogP contribution in [-0.4, -0.2) is 35.0 Å². The van der Waals surface area contributed by atoms with Crippen LogP contribution in [0.15, 0.2) is 17.0 Å². The SMILES string of the molecule is CCCNS(=O)(=O)c1c(C)cc(N2C(=O)CCS2(=O)=O)cc1C. The molecule has 23 heavy (non-hydrogen) atoms. The number of nitrogens with zero attached hydrogens (tertiary/aromatic N) is 1. The highest BCUT2D eigenvalue weighted by molar-refractivity contribution is 7.94. The number of hydrogen-bond donors (Lipinski definition) is 1. The summed E-state index contributed by atoms with van der Waals surface area (Å²) in [6.07, 6.45) is 0.606. The van der Waals surface area contributed by atoms with Crippen LogP contribution in [-0.2, 0) is 24.8 Å². The Morgan fingerprint density at radius 3 is 2.22 bits per heavy atom. The van der Waals surface area contributed by atoms with Crippen LogP contribution in [0.1, 0.15) is 30.9 Å². The molecule has 1 heterocycles. The minimum Gasteiger partial charge on any atom is -0.273 e. The van der Waals surface area contributed by atoms with Gasteiger partial charge >= 0.3 is 0 Å². The minimum atomic E-state index is -3.67. The normalized spacial score (nSPS) is 17.7. The minimum absolute atomic E-state index is 0.0570. The van der Waals surface area contributed by atoms with Crippen LogP contribution in [0.2, 0.25) is 0 Å². The Hall–Kier alpha value is -1.45. The second kappa shape index (κ2) is 6.21. The summed E-state index contributed by atoms with van der Waals surface area (Å²) in [5, 5.41) is 0. The lowest BCUT2D eigenvalue weighted by Crippen LogP contribution is -2.30. The van der Waals surface area contributed by atoms with Crippen LogP contribution in [0.4, 0.5) is 5.69 Å². The average Bonchev–Trinajstić information content (AvgIpc) is 2.69. The molecule has 1 saturated heterocycles. The van der Waals surface area contributed by atoms with Gasteiger partial charge in [-0.05, 0) is 43.5 Å². The lowest BCUT2D eigenvalue weighted by atomic mass is 10.1. The molecule has 1 aliphatic heterocycles. The monoisotopic (exact) mass is 360 g/mol. The highest BCUT2D eigenvalue weighted by atomic mass is 32.2. The molecule has 1 aromatic rings. The molecule has 0 bridgehead atoms. The molecule has 2 rings (SSSR count). The molecule has 0 spiro atoms. The van der Waals surface area contributed by atoms with Gasteiger partial charge in [0.1, 0.15) is 0 Å². The van der Waals surface area contributed by atoms with Crippen molar-refractivity contribution in [2.45, 2.75) is 38.5 Å². The van der Waals surface area contributed by atoms with E-state index >= 15 is 0 Å². The Balaban J connectivity index is 2.52. The molecule has 0 unspecified atom stereocenters. The Morgan fingerprint density at radius 2 is 1.78 bits per heavy atom. The quantitative estimate of drug-likeness (QED) is 0.846. The van der Waals surface area contributed by atoms with E-state index in [4.69, 9.17) is 0 Å². The van der Waals surface area contributed by atoms with Gasteiger partial charge in [-0.3, -0.25) is 4.79 Å². The van der Waals surface area contributed by atoms with Gasteiger partial charge in [0.05, 0.1) is 16.3 Å². The summed E-state index contributed by atoms with van der Waals surface area (Å²) < 4.78 is 51.9. The number of hydrogen-bond acceptors (Lipinski definition) is 5. The molecule has 128 valence electrons. The van der Waals surface area contributed by atoms with E-state index in [1.165, 1.54) is 12.1 Å². The lowest BCUT2D eigenvalue weighted by molar-refractivity contribution is -0.116. The molecule has 0 radical (unpaired) electrons. The van der Waals surface area contributed by atoms with Crippen LogP contribution >= 0.6 is 0 Å². The second-order valence-electron chi connectivity index (χ2n) is 5.53. The first-order valence-corrected chi connectivity index (χ1v) is 10.4. The van der Waals surface area contributed by atoms with Crippen molar-refractivity contribution < 1.29 is 21.6 Å². The van der Waals surface area contributed by atoms with Crippen molar-refractivity contribution in [3.05, 3.63) is 23.3 Å². The van der Waals surface area contributed by atoms with E-state index in [1.54, 1.807) is 13.8 Å². The van der Waals surface area contributed by atoms with Crippen LogP contribution in [0.5, 0.6) is 0 Å². The molecular weight excluding hydrogens is 340 g/mol. The molecule has 0 atom stereocenters. The molecule has 1 aliphatic rings. The summed E-state index contributed by atoms with van der Waals surface area (Å²) in [6.45, 7) is 5.35. The summed E-state index contributed by atoms with van der Waals surface area (Å²) >= 11 is 0. The van der Waals surface area contributed by atoms with Gasteiger partial charge in [-0.25, -0.2) is 25.9 Å². The van der Waals surface area contributed by atoms with Crippen LogP contribution in [0.25, 0.3) is 0 Å². The number of carbonyl (C=O) groups excluding carboxylic acids is 1. The number of aryl methyl sites for hydroxylation is 2. The summed E-state index contributed by atoms with van der Waals surface area (Å²) in [6, 6.07) is 2.85. The van der Waals surface area contributed by atoms with Gasteiger partial charge in [0.25, 0.3) is 0 Å². The molecule has 1 fully saturated rings. The van der Waals surface area contributed by atoms with Gasteiger partial charge in [0, 0.05) is 13.0 Å². The summed E-state index contributed by atoms with van der Waals surface area (Å²) in [7, 11) is -7.34. The number of sulfonamides is 2. The van der Waals surface area contributed by atoms with E-state index in [1.807, 2.05) is 6.92 Å². The zero-order valence-corrected chi connectivity index (χ0v) is 14.9. The third kappa shape index (κ3) is 3.41. The van der Waals surface area contributed by atoms with Crippen molar-refractivity contribution in [1.29, 1.82) is 0 Å². The van der Waals surface area contributed by atoms with E-state index in [0.29, 0.717) is 24.1 Å². The van der Waals surface area contributed by atoms with E-state index in [0.717, 1.165) is 4.31 Å². The third-order valence-corrected chi connectivity index (χ3v) is 7.03. The van der Waals surface area contributed by atoms with E-state index < -0.39 is 26.0 Å². The van der Waals surface area contributed by atoms with Crippen molar-refractivity contribution in [1.82, 2.24) is 4.72 Å². The Morgan fingerprint density at radius 1 is 1.22 bits per heavy atom. The fraction of sp³-hybridized carbons (Fsp3) is 0.500. The van der Waals surface area contributed by atoms with Gasteiger partial charge in [-0.15, -0.1) is 0 Å². The molecule has 9 heteroatoms. The Kier molecular flexibility index (Phi) is 4.84. The highest BCUT2D eigenvalue weighted by Crippen LogP contribution is 2.31. The van der Waals surface area contributed by atoms with Gasteiger partial charge in [-0.2, -0.15) is 0 Å². The summed E-state index contributed by atoms with van der Waals surface area (Å²) in [4.78, 5) is 12.0. The zero-order valence-electron chi connectivity index (χ0n) is 13.3. The summed E-state index contributed by atoms with van der Waals surface area (Å²) in [5.41, 5.74) is 0.994. The van der Waals surface area contributed by atoms with Gasteiger partial charge < -0.3 is 0 Å². The average molecular weight is 360 g/mol.